The number of hydrogen-bond donors (Lipinski definition) is 1. The van der Waals surface area contributed by atoms with E-state index >= 15 is 0 Å². The van der Waals surface area contributed by atoms with Crippen molar-refractivity contribution < 1.29 is 18.0 Å². The number of halogens is 3. The van der Waals surface area contributed by atoms with Gasteiger partial charge in [0, 0.05) is 42.6 Å². The maximum Gasteiger partial charge on any atom is 0.416 e. The van der Waals surface area contributed by atoms with E-state index in [1.165, 1.54) is 12.3 Å². The van der Waals surface area contributed by atoms with Crippen LogP contribution >= 0.6 is 0 Å². The van der Waals surface area contributed by atoms with Gasteiger partial charge in [-0.3, -0.25) is 14.6 Å². The van der Waals surface area contributed by atoms with E-state index in [2.05, 4.69) is 9.97 Å². The summed E-state index contributed by atoms with van der Waals surface area (Å²) in [6, 6.07) is 6.57. The van der Waals surface area contributed by atoms with Gasteiger partial charge < -0.3 is 9.88 Å². The number of benzene rings is 1. The molecule has 29 heavy (non-hydrogen) atoms. The average molecular weight is 403 g/mol. The standard InChI is InChI=1S/C21H20F3N3O2/c1-2-10-27(11-7-14-5-8-25-9-6-14)20(29)17-13-26-18-4-3-15(21(22,23)24)12-16(18)19(17)28/h3-6,8-9,12-13H,2,7,10-11H2,1H3,(H,26,28). The minimum atomic E-state index is -4.57. The number of aromatic amines is 1. The highest BCUT2D eigenvalue weighted by Gasteiger charge is 2.31. The molecule has 2 heterocycles. The van der Waals surface area contributed by atoms with Gasteiger partial charge in [-0.25, -0.2) is 0 Å². The molecule has 0 aliphatic heterocycles. The number of carbonyl (C=O) groups is 1. The fourth-order valence-electron chi connectivity index (χ4n) is 3.12. The van der Waals surface area contributed by atoms with Crippen LogP contribution in [0.25, 0.3) is 10.9 Å². The van der Waals surface area contributed by atoms with Crippen LogP contribution in [0.1, 0.15) is 34.8 Å². The molecule has 0 aliphatic rings. The van der Waals surface area contributed by atoms with Gasteiger partial charge in [-0.2, -0.15) is 13.2 Å². The minimum Gasteiger partial charge on any atom is -0.360 e. The molecule has 1 N–H and O–H groups in total. The van der Waals surface area contributed by atoms with Crippen molar-refractivity contribution in [3.05, 3.63) is 75.8 Å². The first-order valence-corrected chi connectivity index (χ1v) is 9.22. The largest absolute Gasteiger partial charge is 0.416 e. The molecule has 0 atom stereocenters. The van der Waals surface area contributed by atoms with Crippen LogP contribution in [-0.2, 0) is 12.6 Å². The molecular weight excluding hydrogens is 383 g/mol. The Labute approximate surface area is 165 Å². The number of pyridine rings is 2. The van der Waals surface area contributed by atoms with Crippen molar-refractivity contribution >= 4 is 16.8 Å². The number of hydrogen-bond acceptors (Lipinski definition) is 3. The molecule has 0 aliphatic carbocycles. The van der Waals surface area contributed by atoms with Crippen molar-refractivity contribution in [3.63, 3.8) is 0 Å². The van der Waals surface area contributed by atoms with E-state index in [9.17, 15) is 22.8 Å². The maximum atomic E-state index is 13.0. The van der Waals surface area contributed by atoms with Crippen molar-refractivity contribution in [1.82, 2.24) is 14.9 Å². The van der Waals surface area contributed by atoms with Crippen LogP contribution in [0.4, 0.5) is 13.2 Å². The fourth-order valence-corrected chi connectivity index (χ4v) is 3.12. The van der Waals surface area contributed by atoms with Crippen molar-refractivity contribution in [3.8, 4) is 0 Å². The van der Waals surface area contributed by atoms with Crippen LogP contribution in [-0.4, -0.2) is 33.9 Å². The quantitative estimate of drug-likeness (QED) is 0.676. The SMILES string of the molecule is CCCN(CCc1ccncc1)C(=O)c1c[nH]c2ccc(C(F)(F)F)cc2c1=O. The van der Waals surface area contributed by atoms with Crippen LogP contribution in [0, 0.1) is 0 Å². The molecule has 0 saturated heterocycles. The van der Waals surface area contributed by atoms with Gasteiger partial charge in [0.25, 0.3) is 5.91 Å². The first kappa shape index (κ1) is 20.6. The van der Waals surface area contributed by atoms with Gasteiger partial charge in [0.15, 0.2) is 0 Å². The third kappa shape index (κ3) is 4.64. The zero-order valence-corrected chi connectivity index (χ0v) is 15.8. The number of amides is 1. The second kappa shape index (κ2) is 8.46. The normalized spacial score (nSPS) is 11.6. The Morgan fingerprint density at radius 2 is 1.86 bits per heavy atom. The Morgan fingerprint density at radius 3 is 2.52 bits per heavy atom. The lowest BCUT2D eigenvalue weighted by Gasteiger charge is -2.22. The Hall–Kier alpha value is -3.16. The molecule has 3 aromatic rings. The van der Waals surface area contributed by atoms with Crippen LogP contribution in [0.15, 0.2) is 53.7 Å². The Kier molecular flexibility index (Phi) is 6.00. The van der Waals surface area contributed by atoms with Crippen LogP contribution in [0.3, 0.4) is 0 Å². The molecule has 0 bridgehead atoms. The second-order valence-electron chi connectivity index (χ2n) is 6.69. The number of alkyl halides is 3. The summed E-state index contributed by atoms with van der Waals surface area (Å²) in [5.41, 5.74) is -0.558. The van der Waals surface area contributed by atoms with E-state index in [-0.39, 0.29) is 16.5 Å². The Balaban J connectivity index is 1.92. The lowest BCUT2D eigenvalue weighted by atomic mass is 10.1. The number of fused-ring (bicyclic) bond motifs is 1. The summed E-state index contributed by atoms with van der Waals surface area (Å²) in [5.74, 6) is -0.499. The zero-order valence-electron chi connectivity index (χ0n) is 15.8. The lowest BCUT2D eigenvalue weighted by Crippen LogP contribution is -2.36. The third-order valence-electron chi connectivity index (χ3n) is 4.64. The summed E-state index contributed by atoms with van der Waals surface area (Å²) < 4.78 is 39.0. The molecule has 152 valence electrons. The molecule has 0 saturated carbocycles. The molecule has 2 aromatic heterocycles. The van der Waals surface area contributed by atoms with Gasteiger partial charge in [0.1, 0.15) is 5.56 Å². The number of nitrogens with zero attached hydrogens (tertiary/aromatic N) is 2. The van der Waals surface area contributed by atoms with Gasteiger partial charge in [-0.05, 0) is 48.7 Å². The Morgan fingerprint density at radius 1 is 1.14 bits per heavy atom. The smallest absolute Gasteiger partial charge is 0.360 e. The lowest BCUT2D eigenvalue weighted by molar-refractivity contribution is -0.137. The number of carbonyl (C=O) groups excluding carboxylic acids is 1. The molecule has 0 unspecified atom stereocenters. The third-order valence-corrected chi connectivity index (χ3v) is 4.64. The molecule has 5 nitrogen and oxygen atoms in total. The van der Waals surface area contributed by atoms with Gasteiger partial charge >= 0.3 is 6.18 Å². The van der Waals surface area contributed by atoms with Crippen LogP contribution in [0.2, 0.25) is 0 Å². The number of rotatable bonds is 6. The van der Waals surface area contributed by atoms with Gasteiger partial charge in [0.05, 0.1) is 5.56 Å². The fraction of sp³-hybridized carbons (Fsp3) is 0.286. The molecule has 0 spiro atoms. The van der Waals surface area contributed by atoms with Gasteiger partial charge in [0.2, 0.25) is 5.43 Å². The monoisotopic (exact) mass is 403 g/mol. The van der Waals surface area contributed by atoms with Crippen molar-refractivity contribution in [2.24, 2.45) is 0 Å². The summed E-state index contributed by atoms with van der Waals surface area (Å²) in [6.45, 7) is 2.73. The maximum absolute atomic E-state index is 13.0. The number of aromatic nitrogens is 2. The number of nitrogens with one attached hydrogen (secondary N) is 1. The molecule has 3 rings (SSSR count). The zero-order chi connectivity index (χ0) is 21.0. The first-order valence-electron chi connectivity index (χ1n) is 9.22. The van der Waals surface area contributed by atoms with Crippen molar-refractivity contribution in [2.75, 3.05) is 13.1 Å². The van der Waals surface area contributed by atoms with Crippen LogP contribution < -0.4 is 5.43 Å². The minimum absolute atomic E-state index is 0.156. The Bertz CT molecular complexity index is 1060. The summed E-state index contributed by atoms with van der Waals surface area (Å²) >= 11 is 0. The molecule has 1 amide bonds. The average Bonchev–Trinajstić information content (AvgIpc) is 2.71. The highest BCUT2D eigenvalue weighted by Crippen LogP contribution is 2.30. The molecule has 1 aromatic carbocycles. The predicted molar refractivity (Wildman–Crippen MR) is 104 cm³/mol. The highest BCUT2D eigenvalue weighted by atomic mass is 19.4. The molecule has 8 heteroatoms. The van der Waals surface area contributed by atoms with Gasteiger partial charge in [-0.15, -0.1) is 0 Å². The predicted octanol–water partition coefficient (Wildman–Crippen LogP) is 4.04. The van der Waals surface area contributed by atoms with E-state index in [0.29, 0.717) is 25.9 Å². The second-order valence-corrected chi connectivity index (χ2v) is 6.69. The van der Waals surface area contributed by atoms with Crippen molar-refractivity contribution in [2.45, 2.75) is 25.9 Å². The summed E-state index contributed by atoms with van der Waals surface area (Å²) in [7, 11) is 0. The summed E-state index contributed by atoms with van der Waals surface area (Å²) in [5, 5.41) is -0.156. The van der Waals surface area contributed by atoms with Crippen LogP contribution in [0.5, 0.6) is 0 Å². The van der Waals surface area contributed by atoms with E-state index in [0.717, 1.165) is 17.7 Å². The van der Waals surface area contributed by atoms with E-state index in [1.54, 1.807) is 17.3 Å². The van der Waals surface area contributed by atoms with E-state index in [1.807, 2.05) is 19.1 Å². The summed E-state index contributed by atoms with van der Waals surface area (Å²) in [4.78, 5) is 34.0. The molecular formula is C21H20F3N3O2. The highest BCUT2D eigenvalue weighted by molar-refractivity contribution is 5.97. The molecule has 0 radical (unpaired) electrons. The van der Waals surface area contributed by atoms with E-state index in [4.69, 9.17) is 0 Å². The summed E-state index contributed by atoms with van der Waals surface area (Å²) in [6.07, 6.45) is 1.29. The topological polar surface area (TPSA) is 66.1 Å². The van der Waals surface area contributed by atoms with Gasteiger partial charge in [-0.1, -0.05) is 6.92 Å². The van der Waals surface area contributed by atoms with E-state index < -0.39 is 23.1 Å². The van der Waals surface area contributed by atoms with Crippen molar-refractivity contribution in [1.29, 1.82) is 0 Å². The molecule has 0 fully saturated rings. The number of H-pyrrole nitrogens is 1. The first-order chi connectivity index (χ1) is 13.8.